The van der Waals surface area contributed by atoms with Crippen LogP contribution in [0.15, 0.2) is 42.7 Å². The van der Waals surface area contributed by atoms with Gasteiger partial charge in [0.1, 0.15) is 5.82 Å². The molecule has 1 aliphatic heterocycles. The second-order valence-corrected chi connectivity index (χ2v) is 7.90. The number of amides is 2. The van der Waals surface area contributed by atoms with Gasteiger partial charge in [-0.25, -0.2) is 4.39 Å². The number of hydrogen-bond donors (Lipinski definition) is 2. The van der Waals surface area contributed by atoms with Crippen LogP contribution in [0.1, 0.15) is 35.7 Å². The average molecular weight is 400 g/mol. The molecule has 8 heteroatoms. The van der Waals surface area contributed by atoms with Gasteiger partial charge in [-0.15, -0.1) is 0 Å². The van der Waals surface area contributed by atoms with Crippen LogP contribution >= 0.6 is 0 Å². The first-order valence-electron chi connectivity index (χ1n) is 10.0. The molecular formula is C21H25FN4O3. The average Bonchev–Trinajstić information content (AvgIpc) is 3.37. The maximum atomic E-state index is 13.6. The molecule has 2 N–H and O–H groups in total. The van der Waals surface area contributed by atoms with E-state index in [2.05, 4.69) is 10.4 Å². The number of rotatable bonds is 5. The Balaban J connectivity index is 1.28. The largest absolute Gasteiger partial charge is 0.391 e. The number of aliphatic hydroxyl groups excluding tert-OH is 1. The number of likely N-dealkylation sites (tertiary alicyclic amines) is 1. The third-order valence-electron chi connectivity index (χ3n) is 6.07. The van der Waals surface area contributed by atoms with Crippen molar-refractivity contribution in [3.8, 4) is 0 Å². The number of hydrogen-bond acceptors (Lipinski definition) is 4. The Kier molecular flexibility index (Phi) is 5.62. The maximum absolute atomic E-state index is 13.6. The molecular weight excluding hydrogens is 375 g/mol. The summed E-state index contributed by atoms with van der Waals surface area (Å²) in [5.74, 6) is -0.502. The summed E-state index contributed by atoms with van der Waals surface area (Å²) in [6, 6.07) is 7.56. The molecule has 1 saturated carbocycles. The summed E-state index contributed by atoms with van der Waals surface area (Å²) in [5.41, 5.74) is -0.0224. The third-order valence-corrected chi connectivity index (χ3v) is 6.07. The van der Waals surface area contributed by atoms with Crippen molar-refractivity contribution in [2.24, 2.45) is 11.8 Å². The topological polar surface area (TPSA) is 87.5 Å². The van der Waals surface area contributed by atoms with E-state index in [0.29, 0.717) is 25.4 Å². The standard InChI is InChI=1S/C21H25FN4O3/c22-17-5-2-1-4-16(17)21(29)23-8-6-20(28)25-12-14-10-18(26-9-3-7-24-26)19(27)11-15(14)13-25/h1-5,7,9,14-15,18-19,27H,6,8,10-13H2,(H,23,29)/t14-,15+,18-,19-/m1/s1. The molecule has 2 aromatic rings. The number of fused-ring (bicyclic) bond motifs is 1. The summed E-state index contributed by atoms with van der Waals surface area (Å²) in [6.45, 7) is 1.46. The van der Waals surface area contributed by atoms with Crippen molar-refractivity contribution >= 4 is 11.8 Å². The number of carbonyl (C=O) groups is 2. The molecule has 29 heavy (non-hydrogen) atoms. The van der Waals surface area contributed by atoms with Crippen LogP contribution in [0.4, 0.5) is 4.39 Å². The number of benzene rings is 1. The van der Waals surface area contributed by atoms with E-state index in [4.69, 9.17) is 0 Å². The van der Waals surface area contributed by atoms with Crippen molar-refractivity contribution in [3.63, 3.8) is 0 Å². The lowest BCUT2D eigenvalue weighted by molar-refractivity contribution is -0.130. The summed E-state index contributed by atoms with van der Waals surface area (Å²) in [5, 5.41) is 17.4. The van der Waals surface area contributed by atoms with Crippen LogP contribution < -0.4 is 5.32 Å². The first-order chi connectivity index (χ1) is 14.0. The quantitative estimate of drug-likeness (QED) is 0.798. The SMILES string of the molecule is O=C(NCCC(=O)N1C[C@H]2C[C@@H](n3cccn3)[C@H](O)C[C@H]2C1)c1ccccc1F. The van der Waals surface area contributed by atoms with Crippen molar-refractivity contribution in [1.29, 1.82) is 0 Å². The molecule has 0 unspecified atom stereocenters. The fraction of sp³-hybridized carbons (Fsp3) is 0.476. The second-order valence-electron chi connectivity index (χ2n) is 7.90. The summed E-state index contributed by atoms with van der Waals surface area (Å²) >= 11 is 0. The van der Waals surface area contributed by atoms with Crippen LogP contribution in [0.25, 0.3) is 0 Å². The fourth-order valence-corrected chi connectivity index (χ4v) is 4.55. The number of carbonyl (C=O) groups excluding carboxylic acids is 2. The lowest BCUT2D eigenvalue weighted by atomic mass is 9.77. The number of aromatic nitrogens is 2. The Labute approximate surface area is 168 Å². The van der Waals surface area contributed by atoms with E-state index in [0.717, 1.165) is 6.42 Å². The highest BCUT2D eigenvalue weighted by molar-refractivity contribution is 5.94. The van der Waals surface area contributed by atoms with Gasteiger partial charge < -0.3 is 15.3 Å². The summed E-state index contributed by atoms with van der Waals surface area (Å²) in [4.78, 5) is 26.5. The Morgan fingerprint density at radius 2 is 1.93 bits per heavy atom. The van der Waals surface area contributed by atoms with Crippen LogP contribution in [0.2, 0.25) is 0 Å². The van der Waals surface area contributed by atoms with Gasteiger partial charge in [0.05, 0.1) is 17.7 Å². The molecule has 1 saturated heterocycles. The number of halogens is 1. The molecule has 1 aromatic heterocycles. The van der Waals surface area contributed by atoms with Gasteiger partial charge in [-0.2, -0.15) is 5.10 Å². The van der Waals surface area contributed by atoms with Crippen LogP contribution in [-0.2, 0) is 4.79 Å². The van der Waals surface area contributed by atoms with Gasteiger partial charge in [0.2, 0.25) is 5.91 Å². The monoisotopic (exact) mass is 400 g/mol. The highest BCUT2D eigenvalue weighted by Gasteiger charge is 2.43. The van der Waals surface area contributed by atoms with E-state index in [1.165, 1.54) is 18.2 Å². The van der Waals surface area contributed by atoms with Gasteiger partial charge in [0.15, 0.2) is 0 Å². The van der Waals surface area contributed by atoms with Gasteiger partial charge in [-0.05, 0) is 42.9 Å². The maximum Gasteiger partial charge on any atom is 0.254 e. The van der Waals surface area contributed by atoms with E-state index in [1.807, 2.05) is 21.8 Å². The van der Waals surface area contributed by atoms with Crippen molar-refractivity contribution < 1.29 is 19.1 Å². The Bertz CT molecular complexity index is 873. The van der Waals surface area contributed by atoms with Gasteiger partial charge >= 0.3 is 0 Å². The van der Waals surface area contributed by atoms with Gasteiger partial charge in [-0.1, -0.05) is 12.1 Å². The minimum Gasteiger partial charge on any atom is -0.391 e. The highest BCUT2D eigenvalue weighted by Crippen LogP contribution is 2.41. The Morgan fingerprint density at radius 1 is 1.17 bits per heavy atom. The van der Waals surface area contributed by atoms with Crippen LogP contribution in [0.3, 0.4) is 0 Å². The van der Waals surface area contributed by atoms with E-state index in [1.54, 1.807) is 12.3 Å². The first-order valence-corrected chi connectivity index (χ1v) is 10.0. The van der Waals surface area contributed by atoms with Gasteiger partial charge in [-0.3, -0.25) is 14.3 Å². The second kappa shape index (κ2) is 8.32. The Morgan fingerprint density at radius 3 is 2.66 bits per heavy atom. The molecule has 2 fully saturated rings. The zero-order chi connectivity index (χ0) is 20.4. The van der Waals surface area contributed by atoms with E-state index in [-0.39, 0.29) is 36.4 Å². The highest BCUT2D eigenvalue weighted by atomic mass is 19.1. The molecule has 0 radical (unpaired) electrons. The molecule has 4 rings (SSSR count). The smallest absolute Gasteiger partial charge is 0.254 e. The molecule has 1 aliphatic carbocycles. The minimum atomic E-state index is -0.578. The fourth-order valence-electron chi connectivity index (χ4n) is 4.55. The van der Waals surface area contributed by atoms with Crippen molar-refractivity contribution in [2.75, 3.05) is 19.6 Å². The normalized spacial score (nSPS) is 26.2. The lowest BCUT2D eigenvalue weighted by Gasteiger charge is -2.35. The number of nitrogens with one attached hydrogen (secondary N) is 1. The van der Waals surface area contributed by atoms with Crippen LogP contribution in [0.5, 0.6) is 0 Å². The van der Waals surface area contributed by atoms with Crippen molar-refractivity contribution in [2.45, 2.75) is 31.4 Å². The molecule has 2 heterocycles. The van der Waals surface area contributed by atoms with E-state index >= 15 is 0 Å². The van der Waals surface area contributed by atoms with Crippen LogP contribution in [-0.4, -0.2) is 57.3 Å². The molecule has 7 nitrogen and oxygen atoms in total. The zero-order valence-corrected chi connectivity index (χ0v) is 16.1. The molecule has 4 atom stereocenters. The Hall–Kier alpha value is -2.74. The minimum absolute atomic E-state index is 0.0224. The molecule has 1 aromatic carbocycles. The first kappa shape index (κ1) is 19.6. The third kappa shape index (κ3) is 4.17. The lowest BCUT2D eigenvalue weighted by Crippen LogP contribution is -2.36. The summed E-state index contributed by atoms with van der Waals surface area (Å²) < 4.78 is 15.5. The van der Waals surface area contributed by atoms with Crippen molar-refractivity contribution in [1.82, 2.24) is 20.0 Å². The molecule has 2 amide bonds. The van der Waals surface area contributed by atoms with Gasteiger partial charge in [0, 0.05) is 38.4 Å². The van der Waals surface area contributed by atoms with Gasteiger partial charge in [0.25, 0.3) is 5.91 Å². The van der Waals surface area contributed by atoms with E-state index < -0.39 is 17.8 Å². The zero-order valence-electron chi connectivity index (χ0n) is 16.1. The van der Waals surface area contributed by atoms with Crippen LogP contribution in [0, 0.1) is 17.7 Å². The molecule has 0 bridgehead atoms. The summed E-state index contributed by atoms with van der Waals surface area (Å²) in [6.07, 6.45) is 4.73. The molecule has 2 aliphatic rings. The van der Waals surface area contributed by atoms with E-state index in [9.17, 15) is 19.1 Å². The summed E-state index contributed by atoms with van der Waals surface area (Å²) in [7, 11) is 0. The number of aliphatic hydroxyl groups is 1. The predicted octanol–water partition coefficient (Wildman–Crippen LogP) is 1.61. The van der Waals surface area contributed by atoms with Crippen molar-refractivity contribution in [3.05, 3.63) is 54.1 Å². The predicted molar refractivity (Wildman–Crippen MR) is 103 cm³/mol. The number of nitrogens with zero attached hydrogens (tertiary/aromatic N) is 3. The molecule has 0 spiro atoms. The molecule has 154 valence electrons.